The van der Waals surface area contributed by atoms with E-state index in [1.807, 2.05) is 30.3 Å². The summed E-state index contributed by atoms with van der Waals surface area (Å²) in [6.07, 6.45) is 1.91. The Bertz CT molecular complexity index is 1200. The van der Waals surface area contributed by atoms with Crippen LogP contribution in [0.4, 0.5) is 0 Å². The first-order valence-corrected chi connectivity index (χ1v) is 12.6. The van der Waals surface area contributed by atoms with E-state index in [1.54, 1.807) is 29.2 Å². The number of carbonyl (C=O) groups is 2. The molecule has 0 saturated heterocycles. The molecule has 1 aliphatic carbocycles. The zero-order valence-electron chi connectivity index (χ0n) is 21.4. The summed E-state index contributed by atoms with van der Waals surface area (Å²) in [6.45, 7) is 3.49. The highest BCUT2D eigenvalue weighted by atomic mass is 16.5. The molecule has 4 rings (SSSR count). The first-order chi connectivity index (χ1) is 18.4. The third-order valence-electron chi connectivity index (χ3n) is 6.93. The van der Waals surface area contributed by atoms with Crippen molar-refractivity contribution in [1.82, 2.24) is 10.2 Å². The second-order valence-corrected chi connectivity index (χ2v) is 9.35. The molecule has 0 aromatic heterocycles. The monoisotopic (exact) mass is 522 g/mol. The minimum atomic E-state index is -1.17. The molecular formula is C29H34N2O7. The van der Waals surface area contributed by atoms with E-state index >= 15 is 0 Å². The normalized spacial score (nSPS) is 21.4. The maximum atomic E-state index is 13.4. The number of fused-ring (bicyclic) bond motifs is 3. The lowest BCUT2D eigenvalue weighted by Gasteiger charge is -2.40. The van der Waals surface area contributed by atoms with Crippen LogP contribution in [0.15, 0.2) is 66.8 Å². The van der Waals surface area contributed by atoms with Crippen LogP contribution in [0.25, 0.3) is 0 Å². The Hall–Kier alpha value is -3.66. The van der Waals surface area contributed by atoms with Crippen molar-refractivity contribution >= 4 is 11.8 Å². The molecule has 4 atom stereocenters. The minimum absolute atomic E-state index is 0.0422. The summed E-state index contributed by atoms with van der Waals surface area (Å²) in [7, 11) is 1.48. The van der Waals surface area contributed by atoms with Crippen molar-refractivity contribution in [3.8, 4) is 11.5 Å². The highest BCUT2D eigenvalue weighted by Crippen LogP contribution is 2.51. The molecule has 2 aliphatic rings. The van der Waals surface area contributed by atoms with Gasteiger partial charge in [-0.25, -0.2) is 0 Å². The molecule has 0 fully saturated rings. The molecule has 9 heteroatoms. The van der Waals surface area contributed by atoms with Crippen molar-refractivity contribution in [3.05, 3.63) is 83.5 Å². The number of carbonyl (C=O) groups excluding carboxylic acids is 2. The van der Waals surface area contributed by atoms with Gasteiger partial charge in [-0.05, 0) is 35.8 Å². The molecule has 2 amide bonds. The van der Waals surface area contributed by atoms with E-state index in [4.69, 9.17) is 9.47 Å². The quantitative estimate of drug-likeness (QED) is 0.331. The predicted molar refractivity (Wildman–Crippen MR) is 140 cm³/mol. The van der Waals surface area contributed by atoms with Gasteiger partial charge >= 0.3 is 0 Å². The molecule has 4 N–H and O–H groups in total. The van der Waals surface area contributed by atoms with Gasteiger partial charge in [0.15, 0.2) is 11.5 Å². The molecule has 0 spiro atoms. The number of nitrogens with zero attached hydrogens (tertiary/aromatic N) is 1. The number of rotatable bonds is 11. The number of hydrogen-bond acceptors (Lipinski definition) is 7. The summed E-state index contributed by atoms with van der Waals surface area (Å²) in [6, 6.07) is 12.0. The highest BCUT2D eigenvalue weighted by Gasteiger charge is 2.51. The standard InChI is InChI=1S/C29H34N2O7/c1-3-4-10-24(34)31(16-18-8-6-5-7-9-18)22-15-21(29(36)30-11-12-32)25-20-13-19(17-33)14-23(37-2)27(20)38-28(25)26(22)35/h3,5-9,13-15,22,25-26,28,32-33,35H,1,4,10-12,16-17H2,2H3,(H,30,36). The van der Waals surface area contributed by atoms with E-state index < -0.39 is 30.1 Å². The summed E-state index contributed by atoms with van der Waals surface area (Å²) in [4.78, 5) is 28.3. The fraction of sp³-hybridized carbons (Fsp3) is 0.379. The van der Waals surface area contributed by atoms with Gasteiger partial charge in [-0.3, -0.25) is 9.59 Å². The number of allylic oxidation sites excluding steroid dienone is 1. The van der Waals surface area contributed by atoms with Crippen molar-refractivity contribution < 1.29 is 34.4 Å². The first-order valence-electron chi connectivity index (χ1n) is 12.6. The number of hydrogen-bond donors (Lipinski definition) is 4. The van der Waals surface area contributed by atoms with Gasteiger partial charge in [-0.2, -0.15) is 0 Å². The lowest BCUT2D eigenvalue weighted by Crippen LogP contribution is -2.55. The Labute approximate surface area is 222 Å². The van der Waals surface area contributed by atoms with Crippen molar-refractivity contribution in [3.63, 3.8) is 0 Å². The Morgan fingerprint density at radius 3 is 2.61 bits per heavy atom. The highest BCUT2D eigenvalue weighted by molar-refractivity contribution is 5.96. The Morgan fingerprint density at radius 2 is 1.95 bits per heavy atom. The van der Waals surface area contributed by atoms with E-state index in [0.717, 1.165) is 5.56 Å². The molecule has 1 heterocycles. The number of nitrogens with one attached hydrogen (secondary N) is 1. The first kappa shape index (κ1) is 27.4. The second kappa shape index (κ2) is 12.3. The van der Waals surface area contributed by atoms with Gasteiger partial charge in [-0.1, -0.05) is 36.4 Å². The zero-order valence-corrected chi connectivity index (χ0v) is 21.4. The van der Waals surface area contributed by atoms with E-state index in [0.29, 0.717) is 34.6 Å². The van der Waals surface area contributed by atoms with Gasteiger partial charge in [0.1, 0.15) is 12.2 Å². The maximum Gasteiger partial charge on any atom is 0.247 e. The number of ether oxygens (including phenoxy) is 2. The molecule has 9 nitrogen and oxygen atoms in total. The average molecular weight is 523 g/mol. The number of methoxy groups -OCH3 is 1. The number of aliphatic hydroxyl groups excluding tert-OH is 3. The molecule has 4 unspecified atom stereocenters. The van der Waals surface area contributed by atoms with Crippen LogP contribution in [0.1, 0.15) is 35.4 Å². The van der Waals surface area contributed by atoms with Crippen molar-refractivity contribution in [2.24, 2.45) is 0 Å². The van der Waals surface area contributed by atoms with Crippen LogP contribution in [-0.2, 0) is 22.7 Å². The van der Waals surface area contributed by atoms with Crippen molar-refractivity contribution in [2.45, 2.75) is 50.2 Å². The third-order valence-corrected chi connectivity index (χ3v) is 6.93. The Balaban J connectivity index is 1.81. The van der Waals surface area contributed by atoms with Crippen LogP contribution in [0, 0.1) is 0 Å². The molecule has 1 aliphatic heterocycles. The van der Waals surface area contributed by atoms with E-state index in [9.17, 15) is 24.9 Å². The zero-order chi connectivity index (χ0) is 27.2. The minimum Gasteiger partial charge on any atom is -0.493 e. The Kier molecular flexibility index (Phi) is 8.83. The molecule has 202 valence electrons. The Morgan fingerprint density at radius 1 is 1.18 bits per heavy atom. The molecule has 38 heavy (non-hydrogen) atoms. The van der Waals surface area contributed by atoms with Crippen LogP contribution in [-0.4, -0.2) is 70.5 Å². The largest absolute Gasteiger partial charge is 0.493 e. The number of benzene rings is 2. The van der Waals surface area contributed by atoms with Crippen LogP contribution >= 0.6 is 0 Å². The van der Waals surface area contributed by atoms with Gasteiger partial charge in [-0.15, -0.1) is 6.58 Å². The van der Waals surface area contributed by atoms with Crippen LogP contribution in [0.5, 0.6) is 11.5 Å². The third kappa shape index (κ3) is 5.45. The van der Waals surface area contributed by atoms with Crippen LogP contribution in [0.3, 0.4) is 0 Å². The lowest BCUT2D eigenvalue weighted by atomic mass is 9.77. The molecular weight excluding hydrogens is 488 g/mol. The molecule has 0 bridgehead atoms. The van der Waals surface area contributed by atoms with Crippen molar-refractivity contribution in [1.29, 1.82) is 0 Å². The van der Waals surface area contributed by atoms with Crippen molar-refractivity contribution in [2.75, 3.05) is 20.3 Å². The average Bonchev–Trinajstić information content (AvgIpc) is 3.34. The summed E-state index contributed by atoms with van der Waals surface area (Å²) in [5.74, 6) is -0.541. The number of amides is 2. The summed E-state index contributed by atoms with van der Waals surface area (Å²) in [5.41, 5.74) is 2.36. The fourth-order valence-electron chi connectivity index (χ4n) is 5.13. The van der Waals surface area contributed by atoms with Crippen LogP contribution < -0.4 is 14.8 Å². The number of aliphatic hydroxyl groups is 3. The SMILES string of the molecule is C=CCCC(=O)N(Cc1ccccc1)C1C=C(C(=O)NCCO)C2c3cc(CO)cc(OC)c3OC2C1O. The fourth-order valence-corrected chi connectivity index (χ4v) is 5.13. The summed E-state index contributed by atoms with van der Waals surface area (Å²) < 4.78 is 11.7. The van der Waals surface area contributed by atoms with Gasteiger partial charge in [0.2, 0.25) is 11.8 Å². The second-order valence-electron chi connectivity index (χ2n) is 9.35. The molecule has 2 aromatic carbocycles. The molecule has 0 radical (unpaired) electrons. The van der Waals surface area contributed by atoms with Gasteiger partial charge < -0.3 is 35.0 Å². The predicted octanol–water partition coefficient (Wildman–Crippen LogP) is 1.81. The summed E-state index contributed by atoms with van der Waals surface area (Å²) >= 11 is 0. The van der Waals surface area contributed by atoms with Gasteiger partial charge in [0.05, 0.1) is 32.3 Å². The molecule has 0 saturated carbocycles. The van der Waals surface area contributed by atoms with Gasteiger partial charge in [0, 0.05) is 30.6 Å². The van der Waals surface area contributed by atoms with E-state index in [2.05, 4.69) is 11.9 Å². The van der Waals surface area contributed by atoms with Crippen LogP contribution in [0.2, 0.25) is 0 Å². The van der Waals surface area contributed by atoms with Gasteiger partial charge in [0.25, 0.3) is 0 Å². The molecule has 2 aromatic rings. The topological polar surface area (TPSA) is 129 Å². The van der Waals surface area contributed by atoms with E-state index in [1.165, 1.54) is 7.11 Å². The lowest BCUT2D eigenvalue weighted by molar-refractivity contribution is -0.138. The maximum absolute atomic E-state index is 13.4. The smallest absolute Gasteiger partial charge is 0.247 e. The van der Waals surface area contributed by atoms with E-state index in [-0.39, 0.29) is 38.6 Å². The summed E-state index contributed by atoms with van der Waals surface area (Å²) in [5, 5.41) is 33.4.